The van der Waals surface area contributed by atoms with Crippen molar-refractivity contribution in [3.63, 3.8) is 0 Å². The second kappa shape index (κ2) is 11.2. The summed E-state index contributed by atoms with van der Waals surface area (Å²) in [4.78, 5) is 9.12. The molecule has 1 aromatic heterocycles. The number of aliphatic imine (C=N–C) groups is 1. The average molecular weight is 370 g/mol. The quantitative estimate of drug-likeness (QED) is 0.403. The van der Waals surface area contributed by atoms with Crippen molar-refractivity contribution < 1.29 is 9.47 Å². The SMILES string of the molecule is CCNC(=NCc1ccc(C)cc1OCCOC)NCc1ncccc1C. The Morgan fingerprint density at radius 1 is 1.15 bits per heavy atom. The first kappa shape index (κ1) is 20.7. The van der Waals surface area contributed by atoms with Gasteiger partial charge in [-0.05, 0) is 44.0 Å². The molecular formula is C21H30N4O2. The van der Waals surface area contributed by atoms with Gasteiger partial charge in [0, 0.05) is 25.4 Å². The fraction of sp³-hybridized carbons (Fsp3) is 0.429. The van der Waals surface area contributed by atoms with Crippen LogP contribution in [0.25, 0.3) is 0 Å². The van der Waals surface area contributed by atoms with Crippen LogP contribution >= 0.6 is 0 Å². The number of methoxy groups -OCH3 is 1. The van der Waals surface area contributed by atoms with Gasteiger partial charge in [-0.3, -0.25) is 4.98 Å². The van der Waals surface area contributed by atoms with Crippen molar-refractivity contribution in [3.05, 3.63) is 58.9 Å². The molecule has 0 spiro atoms. The molecule has 146 valence electrons. The Hall–Kier alpha value is -2.60. The molecule has 0 bridgehead atoms. The van der Waals surface area contributed by atoms with Gasteiger partial charge in [-0.25, -0.2) is 4.99 Å². The molecule has 0 aliphatic heterocycles. The molecule has 0 fully saturated rings. The molecule has 2 rings (SSSR count). The van der Waals surface area contributed by atoms with Gasteiger partial charge in [-0.15, -0.1) is 0 Å². The molecule has 27 heavy (non-hydrogen) atoms. The number of aryl methyl sites for hydroxylation is 2. The van der Waals surface area contributed by atoms with Gasteiger partial charge in [0.25, 0.3) is 0 Å². The second-order valence-corrected chi connectivity index (χ2v) is 6.27. The Morgan fingerprint density at radius 3 is 2.74 bits per heavy atom. The van der Waals surface area contributed by atoms with Crippen molar-refractivity contribution in [1.29, 1.82) is 0 Å². The maximum absolute atomic E-state index is 5.85. The number of nitrogens with zero attached hydrogens (tertiary/aromatic N) is 2. The number of aromatic nitrogens is 1. The number of ether oxygens (including phenoxy) is 2. The van der Waals surface area contributed by atoms with E-state index in [0.717, 1.165) is 40.6 Å². The van der Waals surface area contributed by atoms with Gasteiger partial charge in [-0.2, -0.15) is 0 Å². The molecule has 2 aromatic rings. The first-order valence-corrected chi connectivity index (χ1v) is 9.28. The van der Waals surface area contributed by atoms with Gasteiger partial charge < -0.3 is 20.1 Å². The summed E-state index contributed by atoms with van der Waals surface area (Å²) in [5.41, 5.74) is 4.38. The summed E-state index contributed by atoms with van der Waals surface area (Å²) in [5, 5.41) is 6.62. The summed E-state index contributed by atoms with van der Waals surface area (Å²) < 4.78 is 10.9. The third-order valence-corrected chi connectivity index (χ3v) is 4.06. The van der Waals surface area contributed by atoms with E-state index in [9.17, 15) is 0 Å². The van der Waals surface area contributed by atoms with Crippen molar-refractivity contribution in [3.8, 4) is 5.75 Å². The number of hydrogen-bond donors (Lipinski definition) is 2. The van der Waals surface area contributed by atoms with Crippen LogP contribution in [-0.2, 0) is 17.8 Å². The van der Waals surface area contributed by atoms with Crippen LogP contribution in [0.15, 0.2) is 41.5 Å². The van der Waals surface area contributed by atoms with Gasteiger partial charge in [-0.1, -0.05) is 18.2 Å². The number of nitrogens with one attached hydrogen (secondary N) is 2. The summed E-state index contributed by atoms with van der Waals surface area (Å²) in [6.45, 7) is 9.19. The molecule has 0 amide bonds. The number of hydrogen-bond acceptors (Lipinski definition) is 4. The third kappa shape index (κ3) is 6.90. The monoisotopic (exact) mass is 370 g/mol. The van der Waals surface area contributed by atoms with Crippen LogP contribution < -0.4 is 15.4 Å². The lowest BCUT2D eigenvalue weighted by Crippen LogP contribution is -2.37. The van der Waals surface area contributed by atoms with Gasteiger partial charge >= 0.3 is 0 Å². The first-order valence-electron chi connectivity index (χ1n) is 9.28. The van der Waals surface area contributed by atoms with Crippen LogP contribution in [0, 0.1) is 13.8 Å². The van der Waals surface area contributed by atoms with Crippen LogP contribution in [0.2, 0.25) is 0 Å². The largest absolute Gasteiger partial charge is 0.491 e. The molecule has 2 N–H and O–H groups in total. The average Bonchev–Trinajstić information content (AvgIpc) is 2.66. The topological polar surface area (TPSA) is 67.8 Å². The van der Waals surface area contributed by atoms with E-state index in [4.69, 9.17) is 14.5 Å². The van der Waals surface area contributed by atoms with E-state index >= 15 is 0 Å². The molecule has 6 nitrogen and oxygen atoms in total. The fourth-order valence-electron chi connectivity index (χ4n) is 2.54. The predicted octanol–water partition coefficient (Wildman–Crippen LogP) is 2.98. The van der Waals surface area contributed by atoms with E-state index in [-0.39, 0.29) is 0 Å². The van der Waals surface area contributed by atoms with E-state index in [2.05, 4.69) is 47.7 Å². The van der Waals surface area contributed by atoms with Crippen LogP contribution in [0.5, 0.6) is 5.75 Å². The standard InChI is InChI=1S/C21H30N4O2/c1-5-22-21(25-15-19-17(3)7-6-10-23-19)24-14-18-9-8-16(2)13-20(18)27-12-11-26-4/h6-10,13H,5,11-12,14-15H2,1-4H3,(H2,22,24,25). The highest BCUT2D eigenvalue weighted by Gasteiger charge is 2.06. The highest BCUT2D eigenvalue weighted by Crippen LogP contribution is 2.21. The normalized spacial score (nSPS) is 11.3. The summed E-state index contributed by atoms with van der Waals surface area (Å²) >= 11 is 0. The van der Waals surface area contributed by atoms with Gasteiger partial charge in [0.1, 0.15) is 12.4 Å². The highest BCUT2D eigenvalue weighted by molar-refractivity contribution is 5.79. The zero-order valence-corrected chi connectivity index (χ0v) is 16.7. The Morgan fingerprint density at radius 2 is 2.00 bits per heavy atom. The molecule has 1 aromatic carbocycles. The maximum Gasteiger partial charge on any atom is 0.191 e. The number of rotatable bonds is 9. The third-order valence-electron chi connectivity index (χ3n) is 4.06. The summed E-state index contributed by atoms with van der Waals surface area (Å²) in [5.74, 6) is 1.61. The number of benzene rings is 1. The zero-order chi connectivity index (χ0) is 19.5. The number of pyridine rings is 1. The Bertz CT molecular complexity index is 747. The van der Waals surface area contributed by atoms with E-state index in [1.165, 1.54) is 0 Å². The molecule has 1 heterocycles. The van der Waals surface area contributed by atoms with Crippen molar-refractivity contribution in [1.82, 2.24) is 15.6 Å². The molecule has 0 saturated heterocycles. The summed E-state index contributed by atoms with van der Waals surface area (Å²) in [7, 11) is 1.67. The van der Waals surface area contributed by atoms with Gasteiger partial charge in [0.05, 0.1) is 25.4 Å². The molecule has 0 aliphatic carbocycles. The second-order valence-electron chi connectivity index (χ2n) is 6.27. The van der Waals surface area contributed by atoms with E-state index in [0.29, 0.717) is 26.3 Å². The van der Waals surface area contributed by atoms with E-state index in [1.54, 1.807) is 7.11 Å². The molecule has 6 heteroatoms. The predicted molar refractivity (Wildman–Crippen MR) is 109 cm³/mol. The van der Waals surface area contributed by atoms with Crippen molar-refractivity contribution in [2.45, 2.75) is 33.9 Å². The Kier molecular flexibility index (Phi) is 8.58. The smallest absolute Gasteiger partial charge is 0.191 e. The van der Waals surface area contributed by atoms with Crippen LogP contribution in [0.1, 0.15) is 29.3 Å². The lowest BCUT2D eigenvalue weighted by molar-refractivity contribution is 0.145. The van der Waals surface area contributed by atoms with Crippen LogP contribution in [0.3, 0.4) is 0 Å². The minimum atomic E-state index is 0.522. The molecule has 0 saturated carbocycles. The highest BCUT2D eigenvalue weighted by atomic mass is 16.5. The van der Waals surface area contributed by atoms with Crippen molar-refractivity contribution >= 4 is 5.96 Å². The van der Waals surface area contributed by atoms with Gasteiger partial charge in [0.2, 0.25) is 0 Å². The van der Waals surface area contributed by atoms with Crippen molar-refractivity contribution in [2.24, 2.45) is 4.99 Å². The van der Waals surface area contributed by atoms with E-state index in [1.807, 2.05) is 25.3 Å². The van der Waals surface area contributed by atoms with Crippen LogP contribution in [-0.4, -0.2) is 37.8 Å². The van der Waals surface area contributed by atoms with Crippen LogP contribution in [0.4, 0.5) is 0 Å². The Balaban J connectivity index is 2.06. The van der Waals surface area contributed by atoms with Gasteiger partial charge in [0.15, 0.2) is 5.96 Å². The van der Waals surface area contributed by atoms with E-state index < -0.39 is 0 Å². The number of guanidine groups is 1. The lowest BCUT2D eigenvalue weighted by atomic mass is 10.1. The maximum atomic E-state index is 5.85. The summed E-state index contributed by atoms with van der Waals surface area (Å²) in [6.07, 6.45) is 1.81. The minimum Gasteiger partial charge on any atom is -0.491 e. The fourth-order valence-corrected chi connectivity index (χ4v) is 2.54. The zero-order valence-electron chi connectivity index (χ0n) is 16.7. The first-order chi connectivity index (χ1) is 13.1. The molecule has 0 aliphatic rings. The molecule has 0 atom stereocenters. The molecular weight excluding hydrogens is 340 g/mol. The Labute approximate surface area is 162 Å². The van der Waals surface area contributed by atoms with Crippen molar-refractivity contribution in [2.75, 3.05) is 26.9 Å². The minimum absolute atomic E-state index is 0.522. The summed E-state index contributed by atoms with van der Waals surface area (Å²) in [6, 6.07) is 10.2. The molecule has 0 radical (unpaired) electrons. The lowest BCUT2D eigenvalue weighted by Gasteiger charge is -2.14. The molecule has 0 unspecified atom stereocenters.